The molecule has 0 amide bonds. The predicted molar refractivity (Wildman–Crippen MR) is 88.8 cm³/mol. The first-order chi connectivity index (χ1) is 10.6. The molecule has 1 aliphatic heterocycles. The topological polar surface area (TPSA) is 67.5 Å². The van der Waals surface area contributed by atoms with Crippen LogP contribution in [-0.4, -0.2) is 9.97 Å². The van der Waals surface area contributed by atoms with Crippen molar-refractivity contribution in [3.05, 3.63) is 75.8 Å². The summed E-state index contributed by atoms with van der Waals surface area (Å²) in [5.41, 5.74) is 5.43. The van der Waals surface area contributed by atoms with Gasteiger partial charge in [-0.25, -0.2) is 0 Å². The van der Waals surface area contributed by atoms with Crippen LogP contribution in [0.3, 0.4) is 0 Å². The van der Waals surface area contributed by atoms with Crippen LogP contribution in [0.4, 0.5) is 5.69 Å². The molecule has 1 aliphatic rings. The molecule has 0 unspecified atom stereocenters. The number of nitrogens with zero attached hydrogens (tertiary/aromatic N) is 2. The molecule has 1 heterocycles. The smallest absolute Gasteiger partial charge is 0.269 e. The highest BCUT2D eigenvalue weighted by molar-refractivity contribution is 8.14. The van der Waals surface area contributed by atoms with Crippen molar-refractivity contribution in [1.82, 2.24) is 5.43 Å². The predicted octanol–water partition coefficient (Wildman–Crippen LogP) is 3.66. The molecule has 2 aromatic carbocycles. The number of nitro groups is 1. The molecule has 0 radical (unpaired) electrons. The van der Waals surface area contributed by atoms with E-state index in [9.17, 15) is 10.1 Å². The lowest BCUT2D eigenvalue weighted by atomic mass is 10.1. The quantitative estimate of drug-likeness (QED) is 0.691. The molecule has 0 bridgehead atoms. The molecule has 22 heavy (non-hydrogen) atoms. The average Bonchev–Trinajstić information content (AvgIpc) is 2.91. The Morgan fingerprint density at radius 2 is 1.86 bits per heavy atom. The van der Waals surface area contributed by atoms with Gasteiger partial charge in [0.1, 0.15) is 9.91 Å². The van der Waals surface area contributed by atoms with E-state index in [0.29, 0.717) is 0 Å². The monoisotopic (exact) mass is 313 g/mol. The first-order valence-corrected chi connectivity index (χ1v) is 7.70. The van der Waals surface area contributed by atoms with E-state index in [1.165, 1.54) is 17.7 Å². The fourth-order valence-corrected chi connectivity index (χ4v) is 3.47. The Morgan fingerprint density at radius 1 is 1.18 bits per heavy atom. The number of nitrogens with one attached hydrogen (secondary N) is 1. The van der Waals surface area contributed by atoms with Gasteiger partial charge in [-0.3, -0.25) is 15.5 Å². The highest BCUT2D eigenvalue weighted by atomic mass is 32.2. The summed E-state index contributed by atoms with van der Waals surface area (Å²) in [5, 5.41) is 16.2. The Balaban J connectivity index is 1.72. The third kappa shape index (κ3) is 2.96. The van der Waals surface area contributed by atoms with Crippen LogP contribution in [-0.2, 0) is 11.3 Å². The Kier molecular flexibility index (Phi) is 3.85. The van der Waals surface area contributed by atoms with Crippen molar-refractivity contribution in [1.29, 1.82) is 0 Å². The standard InChI is InChI=1S/C16H15N3O2S/c1-16(13-7-9-14(10-8-13)19(20)21)18-17-15(22-16)11-12-5-3-2-4-6-12/h2-10,18H,11H2,1H3/t16-/m0/s1. The molecule has 5 nitrogen and oxygen atoms in total. The van der Waals surface area contributed by atoms with E-state index in [-0.39, 0.29) is 10.6 Å². The van der Waals surface area contributed by atoms with E-state index in [4.69, 9.17) is 0 Å². The van der Waals surface area contributed by atoms with Crippen molar-refractivity contribution in [3.8, 4) is 0 Å². The zero-order valence-electron chi connectivity index (χ0n) is 12.0. The molecule has 1 atom stereocenters. The molecule has 0 saturated carbocycles. The average molecular weight is 313 g/mol. The van der Waals surface area contributed by atoms with Crippen LogP contribution in [0.2, 0.25) is 0 Å². The zero-order valence-corrected chi connectivity index (χ0v) is 12.8. The number of hydrogen-bond donors (Lipinski definition) is 1. The third-order valence-electron chi connectivity index (χ3n) is 3.54. The minimum atomic E-state index is -0.390. The Bertz CT molecular complexity index is 716. The molecule has 0 aliphatic carbocycles. The maximum absolute atomic E-state index is 10.7. The summed E-state index contributed by atoms with van der Waals surface area (Å²) in [5.74, 6) is 0. The number of nitro benzene ring substituents is 1. The van der Waals surface area contributed by atoms with Crippen LogP contribution in [0.1, 0.15) is 18.1 Å². The Hall–Kier alpha value is -2.34. The number of thioether (sulfide) groups is 1. The largest absolute Gasteiger partial charge is 0.289 e. The van der Waals surface area contributed by atoms with Gasteiger partial charge in [-0.05, 0) is 30.2 Å². The van der Waals surface area contributed by atoms with Gasteiger partial charge >= 0.3 is 0 Å². The van der Waals surface area contributed by atoms with Gasteiger partial charge in [0.25, 0.3) is 5.69 Å². The summed E-state index contributed by atoms with van der Waals surface area (Å²) in [6.45, 7) is 2.03. The SMILES string of the molecule is C[C@]1(c2ccc([N+](=O)[O-])cc2)NN=C(Cc2ccccc2)S1. The van der Waals surface area contributed by atoms with E-state index in [0.717, 1.165) is 17.0 Å². The van der Waals surface area contributed by atoms with Gasteiger partial charge < -0.3 is 0 Å². The summed E-state index contributed by atoms with van der Waals surface area (Å²) in [4.78, 5) is 9.95. The highest BCUT2D eigenvalue weighted by Gasteiger charge is 2.34. The van der Waals surface area contributed by atoms with Crippen molar-refractivity contribution in [3.63, 3.8) is 0 Å². The molecule has 0 aromatic heterocycles. The molecule has 112 valence electrons. The molecular weight excluding hydrogens is 298 g/mol. The molecule has 0 spiro atoms. The molecular formula is C16H15N3O2S. The van der Waals surface area contributed by atoms with E-state index < -0.39 is 4.92 Å². The minimum Gasteiger partial charge on any atom is -0.289 e. The first kappa shape index (κ1) is 14.6. The van der Waals surface area contributed by atoms with E-state index >= 15 is 0 Å². The Labute approximate surface area is 132 Å². The number of hydrogen-bond acceptors (Lipinski definition) is 5. The van der Waals surface area contributed by atoms with Crippen LogP contribution < -0.4 is 5.43 Å². The molecule has 3 rings (SSSR count). The van der Waals surface area contributed by atoms with Crippen molar-refractivity contribution >= 4 is 22.5 Å². The van der Waals surface area contributed by atoms with Gasteiger partial charge in [0.05, 0.1) is 4.92 Å². The van der Waals surface area contributed by atoms with Crippen LogP contribution in [0, 0.1) is 10.1 Å². The lowest BCUT2D eigenvalue weighted by Gasteiger charge is -2.23. The van der Waals surface area contributed by atoms with Gasteiger partial charge in [0.15, 0.2) is 0 Å². The Morgan fingerprint density at radius 3 is 2.50 bits per heavy atom. The maximum atomic E-state index is 10.7. The van der Waals surface area contributed by atoms with Gasteiger partial charge in [-0.2, -0.15) is 5.10 Å². The second-order valence-electron chi connectivity index (χ2n) is 5.22. The van der Waals surface area contributed by atoms with Crippen LogP contribution >= 0.6 is 11.8 Å². The van der Waals surface area contributed by atoms with Crippen LogP contribution in [0.5, 0.6) is 0 Å². The van der Waals surface area contributed by atoms with Crippen molar-refractivity contribution in [2.24, 2.45) is 5.10 Å². The van der Waals surface area contributed by atoms with Crippen LogP contribution in [0.15, 0.2) is 59.7 Å². The number of benzene rings is 2. The number of hydrazone groups is 1. The van der Waals surface area contributed by atoms with Crippen molar-refractivity contribution in [2.45, 2.75) is 18.2 Å². The number of rotatable bonds is 4. The normalized spacial score (nSPS) is 20.3. The fourth-order valence-electron chi connectivity index (χ4n) is 2.32. The second kappa shape index (κ2) is 5.81. The molecule has 6 heteroatoms. The molecule has 2 aromatic rings. The lowest BCUT2D eigenvalue weighted by Crippen LogP contribution is -2.28. The first-order valence-electron chi connectivity index (χ1n) is 6.88. The van der Waals surface area contributed by atoms with E-state index in [1.807, 2.05) is 25.1 Å². The third-order valence-corrected chi connectivity index (χ3v) is 4.75. The fraction of sp³-hybridized carbons (Fsp3) is 0.188. The summed E-state index contributed by atoms with van der Waals surface area (Å²) in [6, 6.07) is 16.8. The lowest BCUT2D eigenvalue weighted by molar-refractivity contribution is -0.384. The maximum Gasteiger partial charge on any atom is 0.269 e. The second-order valence-corrected chi connectivity index (χ2v) is 6.71. The summed E-state index contributed by atoms with van der Waals surface area (Å²) in [6.07, 6.45) is 0.779. The van der Waals surface area contributed by atoms with E-state index in [2.05, 4.69) is 22.7 Å². The molecule has 1 N–H and O–H groups in total. The van der Waals surface area contributed by atoms with Gasteiger partial charge in [0.2, 0.25) is 0 Å². The van der Waals surface area contributed by atoms with Gasteiger partial charge in [-0.1, -0.05) is 42.1 Å². The van der Waals surface area contributed by atoms with Crippen molar-refractivity contribution < 1.29 is 4.92 Å². The molecule has 0 saturated heterocycles. The minimum absolute atomic E-state index is 0.0979. The zero-order chi connectivity index (χ0) is 15.6. The highest BCUT2D eigenvalue weighted by Crippen LogP contribution is 2.39. The molecule has 0 fully saturated rings. The van der Waals surface area contributed by atoms with Crippen molar-refractivity contribution in [2.75, 3.05) is 0 Å². The van der Waals surface area contributed by atoms with Gasteiger partial charge in [-0.15, -0.1) is 0 Å². The number of non-ortho nitro benzene ring substituents is 1. The summed E-state index contributed by atoms with van der Waals surface area (Å²) >= 11 is 1.64. The summed E-state index contributed by atoms with van der Waals surface area (Å²) in [7, 11) is 0. The summed E-state index contributed by atoms with van der Waals surface area (Å²) < 4.78 is 0. The van der Waals surface area contributed by atoms with E-state index in [1.54, 1.807) is 23.9 Å². The van der Waals surface area contributed by atoms with Gasteiger partial charge in [0, 0.05) is 18.6 Å². The van der Waals surface area contributed by atoms with Crippen LogP contribution in [0.25, 0.3) is 0 Å².